The highest BCUT2D eigenvalue weighted by Crippen LogP contribution is 2.44. The summed E-state index contributed by atoms with van der Waals surface area (Å²) < 4.78 is 41.3. The topological polar surface area (TPSA) is 177 Å². The Labute approximate surface area is 321 Å². The lowest BCUT2D eigenvalue weighted by molar-refractivity contribution is -0.342. The normalized spacial score (nSPS) is 23.1. The second kappa shape index (κ2) is 17.8. The molecule has 15 heteroatoms. The van der Waals surface area contributed by atoms with E-state index in [4.69, 9.17) is 44.8 Å². The molecule has 3 aliphatic rings. The number of alkyl halides is 1. The lowest BCUT2D eigenvalue weighted by atomic mass is 9.96. The van der Waals surface area contributed by atoms with Gasteiger partial charge in [0.25, 0.3) is 0 Å². The molecule has 1 amide bonds. The first kappa shape index (κ1) is 37.8. The van der Waals surface area contributed by atoms with Crippen LogP contribution in [-0.2, 0) is 49.4 Å². The molecule has 55 heavy (non-hydrogen) atoms. The van der Waals surface area contributed by atoms with Crippen LogP contribution in [0.2, 0.25) is 0 Å². The first-order valence-electron chi connectivity index (χ1n) is 17.6. The lowest BCUT2D eigenvalue weighted by Crippen LogP contribution is -2.63. The molecule has 14 nitrogen and oxygen atoms in total. The van der Waals surface area contributed by atoms with Crippen LogP contribution in [0.25, 0.3) is 21.6 Å². The number of hydrogen-bond donors (Lipinski definition) is 1. The molecule has 0 radical (unpaired) electrons. The van der Waals surface area contributed by atoms with Gasteiger partial charge in [0, 0.05) is 16.4 Å². The fourth-order valence-electron chi connectivity index (χ4n) is 6.95. The highest BCUT2D eigenvalue weighted by Gasteiger charge is 2.52. The summed E-state index contributed by atoms with van der Waals surface area (Å²) in [6, 6.07) is 31.2. The van der Waals surface area contributed by atoms with Gasteiger partial charge >= 0.3 is 18.0 Å². The van der Waals surface area contributed by atoms with E-state index in [1.807, 2.05) is 84.9 Å². The van der Waals surface area contributed by atoms with E-state index in [0.29, 0.717) is 5.56 Å². The summed E-state index contributed by atoms with van der Waals surface area (Å²) in [6.45, 7) is -0.608. The van der Waals surface area contributed by atoms with Gasteiger partial charge in [0.05, 0.1) is 13.2 Å². The first-order valence-corrected chi connectivity index (χ1v) is 18.2. The first-order chi connectivity index (χ1) is 26.9. The van der Waals surface area contributed by atoms with E-state index in [0.717, 1.165) is 27.8 Å². The van der Waals surface area contributed by atoms with Crippen molar-refractivity contribution in [3.8, 4) is 11.1 Å². The number of carbonyl (C=O) groups excluding carboxylic acids is 3. The zero-order valence-corrected chi connectivity index (χ0v) is 30.1. The average Bonchev–Trinajstić information content (AvgIpc) is 3.55. The standard InChI is InChI=1S/C40H37ClN4O10/c41-19-33(46)54-36-34(44-45-42)39(53-32-23-51-38(55-35(32)36)25-13-5-2-6-14-25)50-22-31(37(47)49-20-24-11-3-1-4-12-24)43-40(48)52-21-30-28-17-9-7-15-26(28)27-16-8-10-18-29(27)30/h1-18,30-32,34-36,38-39H,19-23H2,(H,43,48)/t31-,32+,34+,35-,36+,38?,39-/m0/s1. The van der Waals surface area contributed by atoms with Gasteiger partial charge in [0.2, 0.25) is 0 Å². The summed E-state index contributed by atoms with van der Waals surface area (Å²) in [4.78, 5) is 42.4. The van der Waals surface area contributed by atoms with Crippen molar-refractivity contribution in [2.24, 2.45) is 5.11 Å². The van der Waals surface area contributed by atoms with Gasteiger partial charge in [-0.1, -0.05) is 114 Å². The van der Waals surface area contributed by atoms with Crippen molar-refractivity contribution in [2.75, 3.05) is 25.7 Å². The number of rotatable bonds is 13. The molecule has 7 atom stereocenters. The Morgan fingerprint density at radius 1 is 0.873 bits per heavy atom. The number of alkyl carbamates (subject to hydrolysis) is 1. The van der Waals surface area contributed by atoms with Gasteiger partial charge in [-0.05, 0) is 33.3 Å². The smallest absolute Gasteiger partial charge is 0.407 e. The number of amides is 1. The Morgan fingerprint density at radius 3 is 2.20 bits per heavy atom. The van der Waals surface area contributed by atoms with E-state index in [1.54, 1.807) is 24.3 Å². The van der Waals surface area contributed by atoms with Crippen LogP contribution in [0.3, 0.4) is 0 Å². The van der Waals surface area contributed by atoms with Crippen LogP contribution >= 0.6 is 11.6 Å². The number of nitrogens with one attached hydrogen (secondary N) is 1. The van der Waals surface area contributed by atoms with Crippen LogP contribution in [0.1, 0.15) is 34.5 Å². The molecule has 4 aromatic carbocycles. The Bertz CT molecular complexity index is 1970. The Kier molecular flexibility index (Phi) is 12.2. The van der Waals surface area contributed by atoms with Crippen molar-refractivity contribution in [3.63, 3.8) is 0 Å². The predicted octanol–water partition coefficient (Wildman–Crippen LogP) is 6.32. The van der Waals surface area contributed by atoms with Crippen molar-refractivity contribution in [1.29, 1.82) is 0 Å². The summed E-state index contributed by atoms with van der Waals surface area (Å²) in [7, 11) is 0. The Balaban J connectivity index is 1.07. The quantitative estimate of drug-likeness (QED) is 0.0404. The maximum Gasteiger partial charge on any atom is 0.407 e. The van der Waals surface area contributed by atoms with E-state index in [2.05, 4.69) is 15.3 Å². The van der Waals surface area contributed by atoms with E-state index in [9.17, 15) is 19.9 Å². The fraction of sp³-hybridized carbons (Fsp3) is 0.325. The van der Waals surface area contributed by atoms with Crippen LogP contribution < -0.4 is 5.32 Å². The van der Waals surface area contributed by atoms with Gasteiger partial charge in [-0.3, -0.25) is 4.79 Å². The van der Waals surface area contributed by atoms with Crippen LogP contribution in [0.15, 0.2) is 114 Å². The second-order valence-corrected chi connectivity index (χ2v) is 13.2. The number of nitrogens with zero attached hydrogens (tertiary/aromatic N) is 3. The van der Waals surface area contributed by atoms with Crippen LogP contribution in [0.4, 0.5) is 4.79 Å². The highest BCUT2D eigenvalue weighted by atomic mass is 35.5. The fourth-order valence-corrected chi connectivity index (χ4v) is 7.01. The number of hydrogen-bond acceptors (Lipinski definition) is 11. The molecule has 284 valence electrons. The molecule has 2 aliphatic heterocycles. The van der Waals surface area contributed by atoms with E-state index in [-0.39, 0.29) is 25.7 Å². The SMILES string of the molecule is [N-]=[N+]=N[C@H]1[C@@H](OC[C@H](NC(=O)OCC2c3ccccc3-c3ccccc32)C(=O)OCc2ccccc2)O[C@@H]2COC(c3ccccc3)O[C@@H]2[C@@H]1OC(=O)CCl. The number of carbonyl (C=O) groups is 3. The van der Waals surface area contributed by atoms with Crippen LogP contribution in [0.5, 0.6) is 0 Å². The van der Waals surface area contributed by atoms with Crippen molar-refractivity contribution in [1.82, 2.24) is 5.32 Å². The number of benzene rings is 4. The molecule has 1 N–H and O–H groups in total. The summed E-state index contributed by atoms with van der Waals surface area (Å²) in [5.74, 6) is -2.33. The minimum atomic E-state index is -1.41. The van der Waals surface area contributed by atoms with Gasteiger partial charge in [0.1, 0.15) is 43.4 Å². The largest absolute Gasteiger partial charge is 0.459 e. The third-order valence-corrected chi connectivity index (χ3v) is 9.73. The zero-order chi connectivity index (χ0) is 38.1. The predicted molar refractivity (Wildman–Crippen MR) is 196 cm³/mol. The van der Waals surface area contributed by atoms with Gasteiger partial charge in [-0.2, -0.15) is 0 Å². The third kappa shape index (κ3) is 8.76. The molecule has 4 aromatic rings. The molecule has 0 saturated carbocycles. The van der Waals surface area contributed by atoms with E-state index >= 15 is 0 Å². The van der Waals surface area contributed by atoms with Crippen LogP contribution in [0, 0.1) is 0 Å². The minimum Gasteiger partial charge on any atom is -0.459 e. The number of esters is 2. The summed E-state index contributed by atoms with van der Waals surface area (Å²) >= 11 is 5.80. The number of azide groups is 1. The van der Waals surface area contributed by atoms with Gasteiger partial charge in [-0.25, -0.2) is 9.59 Å². The summed E-state index contributed by atoms with van der Waals surface area (Å²) in [6.07, 6.45) is -6.15. The average molecular weight is 769 g/mol. The zero-order valence-electron chi connectivity index (χ0n) is 29.3. The third-order valence-electron chi connectivity index (χ3n) is 9.51. The minimum absolute atomic E-state index is 0.00213. The van der Waals surface area contributed by atoms with Gasteiger partial charge in [0.15, 0.2) is 18.6 Å². The summed E-state index contributed by atoms with van der Waals surface area (Å²) in [5, 5.41) is 6.43. The molecule has 0 bridgehead atoms. The van der Waals surface area contributed by atoms with Crippen molar-refractivity contribution >= 4 is 29.6 Å². The van der Waals surface area contributed by atoms with Crippen molar-refractivity contribution in [2.45, 2.75) is 55.5 Å². The molecule has 7 rings (SSSR count). The molecule has 0 aromatic heterocycles. The Hall–Kier alpha value is -5.47. The van der Waals surface area contributed by atoms with Crippen molar-refractivity contribution < 1.29 is 47.5 Å². The van der Waals surface area contributed by atoms with E-state index in [1.165, 1.54) is 0 Å². The highest BCUT2D eigenvalue weighted by molar-refractivity contribution is 6.26. The lowest BCUT2D eigenvalue weighted by Gasteiger charge is -2.47. The number of ether oxygens (including phenoxy) is 7. The maximum absolute atomic E-state index is 13.5. The molecule has 2 fully saturated rings. The van der Waals surface area contributed by atoms with Gasteiger partial charge in [-0.15, -0.1) is 11.6 Å². The van der Waals surface area contributed by atoms with Gasteiger partial charge < -0.3 is 38.5 Å². The molecule has 1 aliphatic carbocycles. The Morgan fingerprint density at radius 2 is 1.53 bits per heavy atom. The molecule has 1 unspecified atom stereocenters. The maximum atomic E-state index is 13.5. The van der Waals surface area contributed by atoms with E-state index < -0.39 is 73.5 Å². The van der Waals surface area contributed by atoms with Crippen molar-refractivity contribution in [3.05, 3.63) is 142 Å². The van der Waals surface area contributed by atoms with Crippen LogP contribution in [-0.4, -0.2) is 80.4 Å². The monoisotopic (exact) mass is 768 g/mol. The molecular formula is C40H37ClN4O10. The molecular weight excluding hydrogens is 732 g/mol. The number of fused-ring (bicyclic) bond motifs is 4. The second-order valence-electron chi connectivity index (χ2n) is 13.0. The summed E-state index contributed by atoms with van der Waals surface area (Å²) in [5.41, 5.74) is 15.2. The number of halogens is 1. The molecule has 2 heterocycles. The molecule has 0 spiro atoms. The molecule has 2 saturated heterocycles.